The molecule has 1 aromatic carbocycles. The Kier molecular flexibility index (Phi) is 4.90. The van der Waals surface area contributed by atoms with Gasteiger partial charge in [-0.2, -0.15) is 13.2 Å². The molecule has 0 aliphatic heterocycles. The molecule has 100 valence electrons. The molecule has 0 amide bonds. The molecule has 0 aliphatic carbocycles. The van der Waals surface area contributed by atoms with E-state index in [4.69, 9.17) is 5.73 Å². The zero-order chi connectivity index (χ0) is 13.8. The van der Waals surface area contributed by atoms with E-state index in [2.05, 4.69) is 0 Å². The minimum Gasteiger partial charge on any atom is -0.330 e. The molecule has 0 aliphatic rings. The lowest BCUT2D eigenvalue weighted by Gasteiger charge is -2.14. The van der Waals surface area contributed by atoms with Crippen molar-refractivity contribution in [1.82, 2.24) is 0 Å². The van der Waals surface area contributed by atoms with E-state index in [-0.39, 0.29) is 17.9 Å². The van der Waals surface area contributed by atoms with Gasteiger partial charge in [0.1, 0.15) is 0 Å². The molecule has 0 saturated heterocycles. The van der Waals surface area contributed by atoms with E-state index >= 15 is 0 Å². The molecular weight excluding hydrogens is 243 g/mol. The molecule has 0 saturated carbocycles. The molecule has 0 aromatic heterocycles. The number of rotatable bonds is 5. The lowest BCUT2D eigenvalue weighted by atomic mass is 9.93. The lowest BCUT2D eigenvalue weighted by molar-refractivity contribution is -0.137. The zero-order valence-corrected chi connectivity index (χ0v) is 10.1. The molecule has 0 bridgehead atoms. The minimum absolute atomic E-state index is 0.0775. The number of benzene rings is 1. The van der Waals surface area contributed by atoms with Gasteiger partial charge in [-0.3, -0.25) is 4.79 Å². The van der Waals surface area contributed by atoms with Gasteiger partial charge in [-0.25, -0.2) is 0 Å². The summed E-state index contributed by atoms with van der Waals surface area (Å²) in [7, 11) is 0. The van der Waals surface area contributed by atoms with Crippen molar-refractivity contribution in [1.29, 1.82) is 0 Å². The smallest absolute Gasteiger partial charge is 0.330 e. The fourth-order valence-electron chi connectivity index (χ4n) is 1.79. The second-order valence-electron chi connectivity index (χ2n) is 4.16. The van der Waals surface area contributed by atoms with E-state index in [0.717, 1.165) is 18.6 Å². The molecule has 0 spiro atoms. The van der Waals surface area contributed by atoms with E-state index < -0.39 is 17.7 Å². The first-order valence-corrected chi connectivity index (χ1v) is 5.81. The molecule has 1 unspecified atom stereocenters. The van der Waals surface area contributed by atoms with Crippen molar-refractivity contribution in [2.45, 2.75) is 25.9 Å². The van der Waals surface area contributed by atoms with Crippen LogP contribution in [0.15, 0.2) is 24.3 Å². The maximum absolute atomic E-state index is 12.5. The Hall–Kier alpha value is -1.36. The third-order valence-electron chi connectivity index (χ3n) is 2.77. The SMILES string of the molecule is CCCC(CN)C(=O)c1cccc(C(F)(F)F)c1. The van der Waals surface area contributed by atoms with Gasteiger partial charge in [-0.05, 0) is 18.6 Å². The summed E-state index contributed by atoms with van der Waals surface area (Å²) in [6.45, 7) is 2.06. The van der Waals surface area contributed by atoms with Crippen molar-refractivity contribution in [3.8, 4) is 0 Å². The maximum Gasteiger partial charge on any atom is 0.416 e. The van der Waals surface area contributed by atoms with Crippen LogP contribution in [0.4, 0.5) is 13.2 Å². The molecule has 1 atom stereocenters. The molecule has 0 heterocycles. The third kappa shape index (κ3) is 3.57. The number of hydrogen-bond acceptors (Lipinski definition) is 2. The molecule has 5 heteroatoms. The fraction of sp³-hybridized carbons (Fsp3) is 0.462. The van der Waals surface area contributed by atoms with Crippen LogP contribution < -0.4 is 5.73 Å². The Balaban J connectivity index is 2.99. The fourth-order valence-corrected chi connectivity index (χ4v) is 1.79. The summed E-state index contributed by atoms with van der Waals surface area (Å²) in [5, 5.41) is 0. The van der Waals surface area contributed by atoms with E-state index in [1.165, 1.54) is 12.1 Å². The van der Waals surface area contributed by atoms with Crippen molar-refractivity contribution >= 4 is 5.78 Å². The number of nitrogens with two attached hydrogens (primary N) is 1. The predicted molar refractivity (Wildman–Crippen MR) is 63.2 cm³/mol. The highest BCUT2D eigenvalue weighted by molar-refractivity contribution is 5.98. The van der Waals surface area contributed by atoms with Crippen molar-refractivity contribution in [2.24, 2.45) is 11.7 Å². The highest BCUT2D eigenvalue weighted by atomic mass is 19.4. The standard InChI is InChI=1S/C13H16F3NO/c1-2-4-10(8-17)12(18)9-5-3-6-11(7-9)13(14,15)16/h3,5-7,10H,2,4,8,17H2,1H3. The van der Waals surface area contributed by atoms with E-state index in [9.17, 15) is 18.0 Å². The van der Waals surface area contributed by atoms with Crippen molar-refractivity contribution in [2.75, 3.05) is 6.54 Å². The molecule has 1 rings (SSSR count). The molecule has 18 heavy (non-hydrogen) atoms. The highest BCUT2D eigenvalue weighted by Gasteiger charge is 2.31. The van der Waals surface area contributed by atoms with Gasteiger partial charge >= 0.3 is 6.18 Å². The van der Waals surface area contributed by atoms with Gasteiger partial charge in [0.2, 0.25) is 0 Å². The second kappa shape index (κ2) is 6.00. The quantitative estimate of drug-likeness (QED) is 0.825. The zero-order valence-electron chi connectivity index (χ0n) is 10.1. The Morgan fingerprint density at radius 2 is 2.06 bits per heavy atom. The van der Waals surface area contributed by atoms with Crippen LogP contribution in [0.2, 0.25) is 0 Å². The molecule has 2 N–H and O–H groups in total. The second-order valence-corrected chi connectivity index (χ2v) is 4.16. The van der Waals surface area contributed by atoms with Crippen LogP contribution in [-0.4, -0.2) is 12.3 Å². The van der Waals surface area contributed by atoms with Crippen LogP contribution in [0.5, 0.6) is 0 Å². The van der Waals surface area contributed by atoms with Crippen molar-refractivity contribution in [3.63, 3.8) is 0 Å². The average Bonchev–Trinajstić information content (AvgIpc) is 2.34. The molecule has 2 nitrogen and oxygen atoms in total. The summed E-state index contributed by atoms with van der Waals surface area (Å²) in [5.74, 6) is -0.719. The van der Waals surface area contributed by atoms with Gasteiger partial charge in [0.05, 0.1) is 5.56 Å². The van der Waals surface area contributed by atoms with E-state index in [0.29, 0.717) is 6.42 Å². The summed E-state index contributed by atoms with van der Waals surface area (Å²) in [6.07, 6.45) is -3.07. The lowest BCUT2D eigenvalue weighted by Crippen LogP contribution is -2.24. The predicted octanol–water partition coefficient (Wildman–Crippen LogP) is 3.26. The third-order valence-corrected chi connectivity index (χ3v) is 2.77. The number of halogens is 3. The Morgan fingerprint density at radius 1 is 1.39 bits per heavy atom. The van der Waals surface area contributed by atoms with Gasteiger partial charge in [-0.15, -0.1) is 0 Å². The summed E-state index contributed by atoms with van der Waals surface area (Å²) < 4.78 is 37.6. The first-order valence-electron chi connectivity index (χ1n) is 5.81. The largest absolute Gasteiger partial charge is 0.416 e. The van der Waals surface area contributed by atoms with Gasteiger partial charge in [0.15, 0.2) is 5.78 Å². The van der Waals surface area contributed by atoms with Crippen LogP contribution in [0.1, 0.15) is 35.7 Å². The molecule has 0 radical (unpaired) electrons. The monoisotopic (exact) mass is 259 g/mol. The average molecular weight is 259 g/mol. The Labute approximate surface area is 104 Å². The number of alkyl halides is 3. The summed E-state index contributed by atoms with van der Waals surface area (Å²) in [5.41, 5.74) is 4.75. The van der Waals surface area contributed by atoms with Crippen molar-refractivity contribution in [3.05, 3.63) is 35.4 Å². The first kappa shape index (κ1) is 14.7. The number of ketones is 1. The number of hydrogen-bond donors (Lipinski definition) is 1. The summed E-state index contributed by atoms with van der Waals surface area (Å²) >= 11 is 0. The van der Waals surface area contributed by atoms with Gasteiger partial charge < -0.3 is 5.73 Å². The molecule has 1 aromatic rings. The summed E-state index contributed by atoms with van der Waals surface area (Å²) in [6, 6.07) is 4.49. The highest BCUT2D eigenvalue weighted by Crippen LogP contribution is 2.30. The van der Waals surface area contributed by atoms with Crippen LogP contribution >= 0.6 is 0 Å². The van der Waals surface area contributed by atoms with Crippen LogP contribution in [0, 0.1) is 5.92 Å². The van der Waals surface area contributed by atoms with Crippen molar-refractivity contribution < 1.29 is 18.0 Å². The topological polar surface area (TPSA) is 43.1 Å². The Morgan fingerprint density at radius 3 is 2.56 bits per heavy atom. The normalized spacial score (nSPS) is 13.4. The minimum atomic E-state index is -4.43. The summed E-state index contributed by atoms with van der Waals surface area (Å²) in [4.78, 5) is 12.0. The van der Waals surface area contributed by atoms with Gasteiger partial charge in [-0.1, -0.05) is 25.5 Å². The van der Waals surface area contributed by atoms with E-state index in [1.807, 2.05) is 6.92 Å². The Bertz CT molecular complexity index is 415. The van der Waals surface area contributed by atoms with Gasteiger partial charge in [0, 0.05) is 18.0 Å². The number of carbonyl (C=O) groups is 1. The van der Waals surface area contributed by atoms with Crippen LogP contribution in [-0.2, 0) is 6.18 Å². The maximum atomic E-state index is 12.5. The van der Waals surface area contributed by atoms with Crippen LogP contribution in [0.3, 0.4) is 0 Å². The van der Waals surface area contributed by atoms with Crippen LogP contribution in [0.25, 0.3) is 0 Å². The van der Waals surface area contributed by atoms with E-state index in [1.54, 1.807) is 0 Å². The van der Waals surface area contributed by atoms with Gasteiger partial charge in [0.25, 0.3) is 0 Å². The number of carbonyl (C=O) groups excluding carboxylic acids is 1. The first-order chi connectivity index (χ1) is 8.40. The molecule has 0 fully saturated rings. The molecular formula is C13H16F3NO. The number of Topliss-reactive ketones (excluding diaryl/α,β-unsaturated/α-hetero) is 1.